The van der Waals surface area contributed by atoms with Gasteiger partial charge < -0.3 is 9.42 Å². The second kappa shape index (κ2) is 7.65. The van der Waals surface area contributed by atoms with Crippen LogP contribution in [0.2, 0.25) is 0 Å². The number of piperidine rings is 1. The molecule has 0 N–H and O–H groups in total. The maximum Gasteiger partial charge on any atom is 0.417 e. The number of amides is 1. The third-order valence-electron chi connectivity index (χ3n) is 5.78. The number of nitrogens with zero attached hydrogens (tertiary/aromatic N) is 5. The minimum atomic E-state index is -4.56. The Morgan fingerprint density at radius 3 is 2.68 bits per heavy atom. The molecule has 31 heavy (non-hydrogen) atoms. The van der Waals surface area contributed by atoms with Gasteiger partial charge in [-0.15, -0.1) is 0 Å². The SMILES string of the molecule is Cc1noc2nc([C@H]3CCCN(C(=O)c4cc(C(C)C)nn4C)C3)cc(C(F)(F)F)c12. The maximum atomic E-state index is 13.7. The highest BCUT2D eigenvalue weighted by Gasteiger charge is 2.37. The number of fused-ring (bicyclic) bond motifs is 1. The molecule has 0 spiro atoms. The van der Waals surface area contributed by atoms with Gasteiger partial charge >= 0.3 is 6.18 Å². The zero-order valence-corrected chi connectivity index (χ0v) is 17.8. The predicted molar refractivity (Wildman–Crippen MR) is 107 cm³/mol. The van der Waals surface area contributed by atoms with Gasteiger partial charge in [0.25, 0.3) is 11.6 Å². The molecule has 4 heterocycles. The molecule has 1 aliphatic heterocycles. The summed E-state index contributed by atoms with van der Waals surface area (Å²) < 4.78 is 47.7. The van der Waals surface area contributed by atoms with Crippen molar-refractivity contribution in [3.05, 3.63) is 40.5 Å². The van der Waals surface area contributed by atoms with Crippen molar-refractivity contribution in [2.24, 2.45) is 7.05 Å². The molecule has 1 amide bonds. The molecule has 0 unspecified atom stereocenters. The Bertz CT molecular complexity index is 1130. The van der Waals surface area contributed by atoms with Gasteiger partial charge in [-0.1, -0.05) is 19.0 Å². The van der Waals surface area contributed by atoms with Gasteiger partial charge in [-0.3, -0.25) is 9.48 Å². The van der Waals surface area contributed by atoms with Crippen molar-refractivity contribution in [2.45, 2.75) is 51.6 Å². The molecule has 3 aromatic rings. The first-order valence-electron chi connectivity index (χ1n) is 10.2. The second-order valence-corrected chi connectivity index (χ2v) is 8.36. The molecule has 1 atom stereocenters. The Morgan fingerprint density at radius 1 is 1.29 bits per heavy atom. The molecule has 0 radical (unpaired) electrons. The first-order chi connectivity index (χ1) is 14.6. The first kappa shape index (κ1) is 21.3. The molecule has 166 valence electrons. The molecular weight excluding hydrogens is 411 g/mol. The van der Waals surface area contributed by atoms with Crippen LogP contribution >= 0.6 is 0 Å². The molecule has 1 aliphatic rings. The number of carbonyl (C=O) groups is 1. The largest absolute Gasteiger partial charge is 0.417 e. The topological polar surface area (TPSA) is 77.1 Å². The average Bonchev–Trinajstić information content (AvgIpc) is 3.29. The van der Waals surface area contributed by atoms with Crippen LogP contribution in [0.1, 0.15) is 71.7 Å². The lowest BCUT2D eigenvalue weighted by molar-refractivity contribution is -0.136. The summed E-state index contributed by atoms with van der Waals surface area (Å²) in [6, 6.07) is 2.85. The fourth-order valence-electron chi connectivity index (χ4n) is 4.08. The highest BCUT2D eigenvalue weighted by atomic mass is 19.4. The molecule has 0 aliphatic carbocycles. The number of alkyl halides is 3. The van der Waals surface area contributed by atoms with E-state index in [1.807, 2.05) is 13.8 Å². The molecule has 3 aromatic heterocycles. The van der Waals surface area contributed by atoms with Crippen molar-refractivity contribution >= 4 is 17.0 Å². The van der Waals surface area contributed by atoms with Crippen LogP contribution in [-0.2, 0) is 13.2 Å². The standard InChI is InChI=1S/C21H24F3N5O2/c1-11(2)15-9-17(28(4)26-15)20(30)29-7-5-6-13(10-29)16-8-14(21(22,23)24)18-12(3)27-31-19(18)25-16/h8-9,11,13H,5-7,10H2,1-4H3/t13-/m0/s1. The van der Waals surface area contributed by atoms with Crippen LogP contribution in [-0.4, -0.2) is 43.8 Å². The average molecular weight is 435 g/mol. The third kappa shape index (κ3) is 3.90. The van der Waals surface area contributed by atoms with Gasteiger partial charge in [0.15, 0.2) is 0 Å². The number of aryl methyl sites for hydroxylation is 2. The van der Waals surface area contributed by atoms with Crippen LogP contribution in [0.4, 0.5) is 13.2 Å². The molecule has 1 fully saturated rings. The number of halogens is 3. The fraction of sp³-hybridized carbons (Fsp3) is 0.524. The van der Waals surface area contributed by atoms with E-state index in [1.54, 1.807) is 22.7 Å². The van der Waals surface area contributed by atoms with Crippen molar-refractivity contribution in [2.75, 3.05) is 13.1 Å². The van der Waals surface area contributed by atoms with E-state index < -0.39 is 11.7 Å². The predicted octanol–water partition coefficient (Wildman–Crippen LogP) is 4.43. The van der Waals surface area contributed by atoms with Crippen LogP contribution in [0, 0.1) is 6.92 Å². The van der Waals surface area contributed by atoms with Crippen molar-refractivity contribution < 1.29 is 22.5 Å². The number of likely N-dealkylation sites (tertiary alicyclic amines) is 1. The van der Waals surface area contributed by atoms with E-state index in [-0.39, 0.29) is 46.8 Å². The quantitative estimate of drug-likeness (QED) is 0.608. The number of hydrogen-bond donors (Lipinski definition) is 0. The molecule has 1 saturated heterocycles. The first-order valence-corrected chi connectivity index (χ1v) is 10.2. The normalized spacial score (nSPS) is 17.7. The molecule has 4 rings (SSSR count). The van der Waals surface area contributed by atoms with E-state index >= 15 is 0 Å². The van der Waals surface area contributed by atoms with Crippen LogP contribution in [0.3, 0.4) is 0 Å². The van der Waals surface area contributed by atoms with Crippen LogP contribution < -0.4 is 0 Å². The Morgan fingerprint density at radius 2 is 2.03 bits per heavy atom. The Kier molecular flexibility index (Phi) is 5.26. The van der Waals surface area contributed by atoms with Crippen LogP contribution in [0.5, 0.6) is 0 Å². The van der Waals surface area contributed by atoms with Crippen molar-refractivity contribution in [3.8, 4) is 0 Å². The molecule has 0 saturated carbocycles. The minimum Gasteiger partial charge on any atom is -0.337 e. The van der Waals surface area contributed by atoms with Gasteiger partial charge in [0, 0.05) is 26.1 Å². The number of carbonyl (C=O) groups excluding carboxylic acids is 1. The summed E-state index contributed by atoms with van der Waals surface area (Å²) in [4.78, 5) is 19.1. The summed E-state index contributed by atoms with van der Waals surface area (Å²) in [6.45, 7) is 6.28. The number of aromatic nitrogens is 4. The van der Waals surface area contributed by atoms with Gasteiger partial charge in [0.1, 0.15) is 5.69 Å². The summed E-state index contributed by atoms with van der Waals surface area (Å²) in [5.41, 5.74) is 0.777. The van der Waals surface area contributed by atoms with E-state index in [1.165, 1.54) is 6.92 Å². The summed E-state index contributed by atoms with van der Waals surface area (Å²) in [5, 5.41) is 7.93. The van der Waals surface area contributed by atoms with Crippen molar-refractivity contribution in [3.63, 3.8) is 0 Å². The lowest BCUT2D eigenvalue weighted by Gasteiger charge is -2.32. The monoisotopic (exact) mass is 435 g/mol. The molecule has 7 nitrogen and oxygen atoms in total. The summed E-state index contributed by atoms with van der Waals surface area (Å²) in [7, 11) is 1.72. The van der Waals surface area contributed by atoms with Gasteiger partial charge in [0.2, 0.25) is 0 Å². The van der Waals surface area contributed by atoms with Gasteiger partial charge in [-0.25, -0.2) is 4.98 Å². The van der Waals surface area contributed by atoms with Gasteiger partial charge in [0.05, 0.1) is 28.0 Å². The molecule has 0 aromatic carbocycles. The smallest absolute Gasteiger partial charge is 0.337 e. The Hall–Kier alpha value is -2.91. The number of pyridine rings is 1. The van der Waals surface area contributed by atoms with Gasteiger partial charge in [-0.05, 0) is 37.8 Å². The van der Waals surface area contributed by atoms with E-state index in [0.29, 0.717) is 25.1 Å². The minimum absolute atomic E-state index is 0.115. The highest BCUT2D eigenvalue weighted by Crippen LogP contribution is 2.38. The molecule has 0 bridgehead atoms. The van der Waals surface area contributed by atoms with E-state index in [4.69, 9.17) is 4.52 Å². The van der Waals surface area contributed by atoms with Crippen LogP contribution in [0.15, 0.2) is 16.7 Å². The lowest BCUT2D eigenvalue weighted by Crippen LogP contribution is -2.40. The number of hydrogen-bond acceptors (Lipinski definition) is 5. The van der Waals surface area contributed by atoms with Crippen molar-refractivity contribution in [1.29, 1.82) is 0 Å². The third-order valence-corrected chi connectivity index (χ3v) is 5.78. The van der Waals surface area contributed by atoms with Crippen molar-refractivity contribution in [1.82, 2.24) is 24.8 Å². The van der Waals surface area contributed by atoms with Gasteiger partial charge in [-0.2, -0.15) is 18.3 Å². The summed E-state index contributed by atoms with van der Waals surface area (Å²) in [5.74, 6) is -0.324. The van der Waals surface area contributed by atoms with E-state index in [0.717, 1.165) is 11.8 Å². The summed E-state index contributed by atoms with van der Waals surface area (Å²) >= 11 is 0. The van der Waals surface area contributed by atoms with Crippen LogP contribution in [0.25, 0.3) is 11.1 Å². The number of rotatable bonds is 3. The Labute approximate surface area is 177 Å². The van der Waals surface area contributed by atoms with E-state index in [2.05, 4.69) is 15.2 Å². The molecular formula is C21H24F3N5O2. The zero-order chi connectivity index (χ0) is 22.5. The maximum absolute atomic E-state index is 13.7. The lowest BCUT2D eigenvalue weighted by atomic mass is 9.92. The second-order valence-electron chi connectivity index (χ2n) is 8.36. The molecule has 10 heteroatoms. The van der Waals surface area contributed by atoms with E-state index in [9.17, 15) is 18.0 Å². The zero-order valence-electron chi connectivity index (χ0n) is 17.8. The summed E-state index contributed by atoms with van der Waals surface area (Å²) in [6.07, 6.45) is -3.25. The fourth-order valence-corrected chi connectivity index (χ4v) is 4.08. The Balaban J connectivity index is 1.65. The highest BCUT2D eigenvalue weighted by molar-refractivity contribution is 5.93.